The molecule has 0 saturated carbocycles. The number of rotatable bonds is 5. The van der Waals surface area contributed by atoms with Crippen molar-refractivity contribution in [3.63, 3.8) is 0 Å². The summed E-state index contributed by atoms with van der Waals surface area (Å²) in [5, 5.41) is 14.6. The Morgan fingerprint density at radius 2 is 2.07 bits per heavy atom. The lowest BCUT2D eigenvalue weighted by Crippen LogP contribution is -2.41. The largest absolute Gasteiger partial charge is 0.278 e. The van der Waals surface area contributed by atoms with Crippen molar-refractivity contribution in [2.24, 2.45) is 0 Å². The van der Waals surface area contributed by atoms with Crippen LogP contribution in [0.3, 0.4) is 0 Å². The molecule has 7 nitrogen and oxygen atoms in total. The first-order chi connectivity index (χ1) is 14.1. The Morgan fingerprint density at radius 1 is 1.24 bits per heavy atom. The summed E-state index contributed by atoms with van der Waals surface area (Å²) in [7, 11) is 0. The molecule has 0 spiro atoms. The minimum absolute atomic E-state index is 0.196. The molecule has 4 rings (SSSR count). The van der Waals surface area contributed by atoms with Crippen molar-refractivity contribution in [2.75, 3.05) is 6.54 Å². The van der Waals surface area contributed by atoms with Crippen molar-refractivity contribution in [1.29, 1.82) is 0 Å². The Labute approximate surface area is 181 Å². The minimum Gasteiger partial charge on any atom is -0.278 e. The minimum atomic E-state index is -0.401. The van der Waals surface area contributed by atoms with Gasteiger partial charge in [-0.25, -0.2) is 4.68 Å². The Kier molecular flexibility index (Phi) is 6.27. The first kappa shape index (κ1) is 20.1. The predicted molar refractivity (Wildman–Crippen MR) is 112 cm³/mol. The molecule has 10 heteroatoms. The summed E-state index contributed by atoms with van der Waals surface area (Å²) in [4.78, 5) is 28.6. The number of imide groups is 1. The fourth-order valence-corrected chi connectivity index (χ4v) is 5.01. The van der Waals surface area contributed by atoms with E-state index in [4.69, 9.17) is 11.6 Å². The number of carbonyl (C=O) groups excluding carboxylic acids is 2. The van der Waals surface area contributed by atoms with Crippen molar-refractivity contribution < 1.29 is 9.59 Å². The van der Waals surface area contributed by atoms with E-state index >= 15 is 0 Å². The maximum Gasteiger partial charge on any atom is 0.260 e. The highest BCUT2D eigenvalue weighted by molar-refractivity contribution is 8.00. The lowest BCUT2D eigenvalue weighted by atomic mass is 10.2. The van der Waals surface area contributed by atoms with Gasteiger partial charge in [0, 0.05) is 22.0 Å². The maximum atomic E-state index is 13.2. The van der Waals surface area contributed by atoms with Crippen LogP contribution in [0.2, 0.25) is 5.02 Å². The van der Waals surface area contributed by atoms with Crippen molar-refractivity contribution in [3.05, 3.63) is 57.2 Å². The lowest BCUT2D eigenvalue weighted by Gasteiger charge is -2.22. The number of hydrogen-bond donors (Lipinski definition) is 0. The molecule has 0 N–H and O–H groups in total. The number of thioether (sulfide) groups is 1. The standard InChI is InChI=1S/C19H18ClN5O2S2/c20-14-8-6-13(7-9-14)17(26)24-10-2-1-5-16(18(24)27)29-19-21-22-23-25(19)12-15-4-3-11-28-15/h3-4,6-9,11,16H,1-2,5,10,12H2/t16-/m0/s1. The van der Waals surface area contributed by atoms with Crippen LogP contribution in [0.15, 0.2) is 46.9 Å². The number of thiophene rings is 1. The summed E-state index contributed by atoms with van der Waals surface area (Å²) >= 11 is 8.86. The van der Waals surface area contributed by atoms with E-state index in [1.54, 1.807) is 40.3 Å². The molecule has 2 aromatic heterocycles. The SMILES string of the molecule is O=C(c1ccc(Cl)cc1)N1CCCC[C@H](Sc2nnnn2Cc2cccs2)C1=O. The van der Waals surface area contributed by atoms with Crippen molar-refractivity contribution in [3.8, 4) is 0 Å². The van der Waals surface area contributed by atoms with E-state index in [0.29, 0.717) is 35.3 Å². The molecular formula is C19H18ClN5O2S2. The second kappa shape index (κ2) is 9.06. The van der Waals surface area contributed by atoms with Gasteiger partial charge in [-0.1, -0.05) is 35.9 Å². The first-order valence-corrected chi connectivity index (χ1v) is 11.3. The van der Waals surface area contributed by atoms with Gasteiger partial charge in [0.05, 0.1) is 11.8 Å². The number of tetrazole rings is 1. The summed E-state index contributed by atoms with van der Waals surface area (Å²) in [6.07, 6.45) is 2.32. The lowest BCUT2D eigenvalue weighted by molar-refractivity contribution is -0.127. The highest BCUT2D eigenvalue weighted by Crippen LogP contribution is 2.30. The molecule has 0 aliphatic carbocycles. The Hall–Kier alpha value is -2.23. The molecule has 3 heterocycles. The predicted octanol–water partition coefficient (Wildman–Crippen LogP) is 3.75. The van der Waals surface area contributed by atoms with E-state index < -0.39 is 5.25 Å². The molecule has 1 aliphatic rings. The van der Waals surface area contributed by atoms with Gasteiger partial charge in [0.1, 0.15) is 0 Å². The van der Waals surface area contributed by atoms with Gasteiger partial charge in [0.2, 0.25) is 11.1 Å². The average Bonchev–Trinajstić information content (AvgIpc) is 3.35. The number of hydrogen-bond acceptors (Lipinski definition) is 7. The van der Waals surface area contributed by atoms with Crippen LogP contribution in [0.1, 0.15) is 34.5 Å². The van der Waals surface area contributed by atoms with Gasteiger partial charge in [-0.3, -0.25) is 14.5 Å². The number of nitrogens with zero attached hydrogens (tertiary/aromatic N) is 5. The van der Waals surface area contributed by atoms with Crippen molar-refractivity contribution >= 4 is 46.5 Å². The average molecular weight is 448 g/mol. The molecule has 150 valence electrons. The third-order valence-corrected chi connectivity index (χ3v) is 6.95. The fourth-order valence-electron chi connectivity index (χ4n) is 3.12. The van der Waals surface area contributed by atoms with Crippen LogP contribution < -0.4 is 0 Å². The van der Waals surface area contributed by atoms with E-state index in [0.717, 1.165) is 17.7 Å². The second-order valence-electron chi connectivity index (χ2n) is 6.60. The molecule has 1 aromatic carbocycles. The molecule has 2 amide bonds. The third kappa shape index (κ3) is 4.68. The first-order valence-electron chi connectivity index (χ1n) is 9.18. The molecule has 1 fully saturated rings. The molecule has 0 unspecified atom stereocenters. The highest BCUT2D eigenvalue weighted by atomic mass is 35.5. The number of benzene rings is 1. The van der Waals surface area contributed by atoms with Gasteiger partial charge in [-0.15, -0.1) is 16.4 Å². The van der Waals surface area contributed by atoms with E-state index in [9.17, 15) is 9.59 Å². The van der Waals surface area contributed by atoms with Crippen molar-refractivity contribution in [1.82, 2.24) is 25.1 Å². The maximum absolute atomic E-state index is 13.2. The molecule has 1 aliphatic heterocycles. The second-order valence-corrected chi connectivity index (χ2v) is 9.24. The van der Waals surface area contributed by atoms with E-state index in [1.807, 2.05) is 17.5 Å². The van der Waals surface area contributed by atoms with Gasteiger partial charge in [0.15, 0.2) is 0 Å². The van der Waals surface area contributed by atoms with Crippen LogP contribution in [0.4, 0.5) is 0 Å². The van der Waals surface area contributed by atoms with Crippen LogP contribution in [0.5, 0.6) is 0 Å². The summed E-state index contributed by atoms with van der Waals surface area (Å²) in [6, 6.07) is 10.6. The third-order valence-electron chi connectivity index (χ3n) is 4.61. The summed E-state index contributed by atoms with van der Waals surface area (Å²) < 4.78 is 1.69. The van der Waals surface area contributed by atoms with Gasteiger partial charge in [-0.05, 0) is 59.0 Å². The van der Waals surface area contributed by atoms with Crippen LogP contribution in [0.25, 0.3) is 0 Å². The molecule has 1 saturated heterocycles. The number of halogens is 1. The van der Waals surface area contributed by atoms with E-state index in [2.05, 4.69) is 15.5 Å². The number of likely N-dealkylation sites (tertiary alicyclic amines) is 1. The molecule has 0 bridgehead atoms. The monoisotopic (exact) mass is 447 g/mol. The smallest absolute Gasteiger partial charge is 0.260 e. The molecular weight excluding hydrogens is 430 g/mol. The van der Waals surface area contributed by atoms with E-state index in [-0.39, 0.29) is 11.8 Å². The molecule has 29 heavy (non-hydrogen) atoms. The summed E-state index contributed by atoms with van der Waals surface area (Å²) in [5.41, 5.74) is 0.455. The van der Waals surface area contributed by atoms with Gasteiger partial charge >= 0.3 is 0 Å². The zero-order valence-electron chi connectivity index (χ0n) is 15.4. The molecule has 1 atom stereocenters. The molecule has 0 radical (unpaired) electrons. The van der Waals surface area contributed by atoms with Crippen LogP contribution >= 0.6 is 34.7 Å². The van der Waals surface area contributed by atoms with Gasteiger partial charge in [-0.2, -0.15) is 0 Å². The Morgan fingerprint density at radius 3 is 2.83 bits per heavy atom. The number of aromatic nitrogens is 4. The fraction of sp³-hybridized carbons (Fsp3) is 0.316. The van der Waals surface area contributed by atoms with Crippen molar-refractivity contribution in [2.45, 2.75) is 36.2 Å². The topological polar surface area (TPSA) is 81.0 Å². The number of carbonyl (C=O) groups is 2. The van der Waals surface area contributed by atoms with Crippen LogP contribution in [-0.4, -0.2) is 48.7 Å². The van der Waals surface area contributed by atoms with Gasteiger partial charge in [0.25, 0.3) is 5.91 Å². The zero-order valence-corrected chi connectivity index (χ0v) is 17.8. The summed E-state index contributed by atoms with van der Waals surface area (Å²) in [6.45, 7) is 0.971. The normalized spacial score (nSPS) is 17.3. The Bertz CT molecular complexity index is 990. The molecule has 3 aromatic rings. The summed E-state index contributed by atoms with van der Waals surface area (Å²) in [5.74, 6) is -0.490. The Balaban J connectivity index is 1.51. The number of amides is 2. The zero-order chi connectivity index (χ0) is 20.2. The van der Waals surface area contributed by atoms with Crippen LogP contribution in [-0.2, 0) is 11.3 Å². The quantitative estimate of drug-likeness (QED) is 0.554. The van der Waals surface area contributed by atoms with Gasteiger partial charge < -0.3 is 0 Å². The highest BCUT2D eigenvalue weighted by Gasteiger charge is 2.33. The van der Waals surface area contributed by atoms with E-state index in [1.165, 1.54) is 16.7 Å². The van der Waals surface area contributed by atoms with Crippen LogP contribution in [0, 0.1) is 0 Å².